The Kier molecular flexibility index (Phi) is 9.03. The largest absolute Gasteiger partial charge is 0.456 e. The number of hydrogen-bond acceptors (Lipinski definition) is 8. The van der Waals surface area contributed by atoms with Gasteiger partial charge in [0.15, 0.2) is 11.2 Å². The lowest BCUT2D eigenvalue weighted by Crippen LogP contribution is -2.09. The Bertz CT molecular complexity index is 3970. The van der Waals surface area contributed by atoms with Crippen molar-refractivity contribution in [1.29, 1.82) is 0 Å². The third kappa shape index (κ3) is 6.61. The Hall–Kier alpha value is -9.66. The van der Waals surface area contributed by atoms with Gasteiger partial charge in [-0.1, -0.05) is 97.1 Å². The lowest BCUT2D eigenvalue weighted by Gasteiger charge is -2.25. The number of nitrogens with zero attached hydrogens (tertiary/aromatic N) is 4. The first-order chi connectivity index (χ1) is 34.7. The normalized spacial score (nSPS) is 11.7. The minimum Gasteiger partial charge on any atom is -0.456 e. The first kappa shape index (κ1) is 39.5. The topological polar surface area (TPSA) is 84.8 Å². The summed E-state index contributed by atoms with van der Waals surface area (Å²) in [7, 11) is 0. The smallest absolute Gasteiger partial charge is 0.227 e. The molecular weight excluding hydrogens is 865 g/mol. The third-order valence-corrected chi connectivity index (χ3v) is 13.1. The molecule has 0 atom stereocenters. The Morgan fingerprint density at radius 1 is 0.257 bits per heavy atom. The summed E-state index contributed by atoms with van der Waals surface area (Å²) in [6, 6.07) is 78.5. The van der Waals surface area contributed by atoms with Crippen LogP contribution in [0.1, 0.15) is 0 Å². The third-order valence-electron chi connectivity index (χ3n) is 13.1. The lowest BCUT2D eigenvalue weighted by molar-refractivity contribution is 0.619. The standard InChI is InChI=1S/C62H38N4O4/c1-3-13-41(14-4-1)65(45-33-35-49-47-17-7-9-21-53(47)67-57(49)37-45)43-29-25-39(26-30-43)61-63-59-51(19-11-23-55(59)69-61)52-20-12-24-56-60(52)64-62(70-56)40-27-31-44(32-28-40)66(42-15-5-2-6-16-42)46-34-36-50-48-18-8-10-22-54(48)68-58(50)38-46/h1-38H. The highest BCUT2D eigenvalue weighted by atomic mass is 16.4. The maximum absolute atomic E-state index is 6.49. The fourth-order valence-electron chi connectivity index (χ4n) is 9.84. The molecule has 0 bridgehead atoms. The van der Waals surface area contributed by atoms with E-state index >= 15 is 0 Å². The predicted molar refractivity (Wildman–Crippen MR) is 282 cm³/mol. The second kappa shape index (κ2) is 16.0. The van der Waals surface area contributed by atoms with Crippen LogP contribution in [-0.2, 0) is 0 Å². The Morgan fingerprint density at radius 3 is 1.06 bits per heavy atom. The zero-order valence-electron chi connectivity index (χ0n) is 37.4. The van der Waals surface area contributed by atoms with Crippen LogP contribution in [0, 0.1) is 0 Å². The molecule has 0 aliphatic rings. The molecule has 4 aromatic heterocycles. The van der Waals surface area contributed by atoms with Gasteiger partial charge in [-0.2, -0.15) is 0 Å². The highest BCUT2D eigenvalue weighted by Crippen LogP contribution is 2.43. The van der Waals surface area contributed by atoms with Crippen LogP contribution in [0.15, 0.2) is 248 Å². The molecule has 0 saturated carbocycles. The van der Waals surface area contributed by atoms with Crippen molar-refractivity contribution in [1.82, 2.24) is 9.97 Å². The summed E-state index contributed by atoms with van der Waals surface area (Å²) >= 11 is 0. The average molecular weight is 903 g/mol. The number of fused-ring (bicyclic) bond motifs is 8. The van der Waals surface area contributed by atoms with Crippen molar-refractivity contribution < 1.29 is 17.7 Å². The van der Waals surface area contributed by atoms with E-state index in [1.54, 1.807) is 0 Å². The second-order valence-electron chi connectivity index (χ2n) is 17.3. The molecule has 70 heavy (non-hydrogen) atoms. The summed E-state index contributed by atoms with van der Waals surface area (Å²) in [5, 5.41) is 4.38. The number of para-hydroxylation sites is 6. The minimum atomic E-state index is 0.527. The van der Waals surface area contributed by atoms with Gasteiger partial charge < -0.3 is 27.5 Å². The zero-order valence-corrected chi connectivity index (χ0v) is 37.4. The Morgan fingerprint density at radius 2 is 0.614 bits per heavy atom. The Labute approximate surface area is 400 Å². The predicted octanol–water partition coefficient (Wildman–Crippen LogP) is 17.7. The monoisotopic (exact) mass is 902 g/mol. The van der Waals surface area contributed by atoms with Crippen LogP contribution >= 0.6 is 0 Å². The molecule has 0 unspecified atom stereocenters. The van der Waals surface area contributed by atoms with Gasteiger partial charge in [0, 0.05) is 90.1 Å². The van der Waals surface area contributed by atoms with Crippen molar-refractivity contribution in [2.75, 3.05) is 9.80 Å². The quantitative estimate of drug-likeness (QED) is 0.142. The van der Waals surface area contributed by atoms with Gasteiger partial charge in [0.2, 0.25) is 11.8 Å². The van der Waals surface area contributed by atoms with E-state index in [2.05, 4.69) is 168 Å². The van der Waals surface area contributed by atoms with Gasteiger partial charge in [-0.05, 0) is 121 Å². The summed E-state index contributed by atoms with van der Waals surface area (Å²) in [4.78, 5) is 14.7. The molecule has 10 aromatic carbocycles. The van der Waals surface area contributed by atoms with Gasteiger partial charge in [-0.15, -0.1) is 0 Å². The molecule has 0 fully saturated rings. The van der Waals surface area contributed by atoms with Gasteiger partial charge in [-0.3, -0.25) is 0 Å². The molecule has 0 aliphatic heterocycles. The summed E-state index contributed by atoms with van der Waals surface area (Å²) < 4.78 is 25.6. The number of rotatable bonds is 9. The number of hydrogen-bond donors (Lipinski definition) is 0. The van der Waals surface area contributed by atoms with Crippen molar-refractivity contribution in [3.8, 4) is 34.0 Å². The van der Waals surface area contributed by atoms with E-state index in [-0.39, 0.29) is 0 Å². The van der Waals surface area contributed by atoms with Crippen LogP contribution < -0.4 is 9.80 Å². The molecule has 14 rings (SSSR count). The van der Waals surface area contributed by atoms with Crippen LogP contribution in [0.3, 0.4) is 0 Å². The molecule has 0 aliphatic carbocycles. The van der Waals surface area contributed by atoms with Crippen LogP contribution in [0.25, 0.3) is 100 Å². The van der Waals surface area contributed by atoms with Crippen molar-refractivity contribution in [3.63, 3.8) is 0 Å². The molecular formula is C62H38N4O4. The lowest BCUT2D eigenvalue weighted by atomic mass is 10.0. The number of anilines is 6. The van der Waals surface area contributed by atoms with Gasteiger partial charge >= 0.3 is 0 Å². The SMILES string of the molecule is c1ccc(N(c2ccc(-c3nc4c(-c5cccc6oc(-c7ccc(N(c8ccccc8)c8ccc9c(c8)oc8ccccc89)cc7)nc56)cccc4o3)cc2)c2ccc3c(c2)oc2ccccc23)cc1. The number of benzene rings is 10. The van der Waals surface area contributed by atoms with E-state index < -0.39 is 0 Å². The van der Waals surface area contributed by atoms with Crippen LogP contribution in [0.2, 0.25) is 0 Å². The van der Waals surface area contributed by atoms with Gasteiger partial charge in [-0.25, -0.2) is 9.97 Å². The molecule has 0 spiro atoms. The van der Waals surface area contributed by atoms with Gasteiger partial charge in [0.1, 0.15) is 33.4 Å². The molecule has 0 saturated heterocycles. The maximum Gasteiger partial charge on any atom is 0.227 e. The fraction of sp³-hybridized carbons (Fsp3) is 0. The van der Waals surface area contributed by atoms with Crippen molar-refractivity contribution >= 4 is 100 Å². The van der Waals surface area contributed by atoms with E-state index in [1.807, 2.05) is 72.8 Å². The van der Waals surface area contributed by atoms with Crippen molar-refractivity contribution in [2.45, 2.75) is 0 Å². The molecule has 8 heteroatoms. The molecule has 8 nitrogen and oxygen atoms in total. The zero-order chi connectivity index (χ0) is 46.1. The molecule has 330 valence electrons. The van der Waals surface area contributed by atoms with Crippen molar-refractivity contribution in [2.24, 2.45) is 0 Å². The fourth-order valence-corrected chi connectivity index (χ4v) is 9.84. The molecule has 0 amide bonds. The summed E-state index contributed by atoms with van der Waals surface area (Å²) in [6.07, 6.45) is 0. The number of aromatic nitrogens is 2. The summed E-state index contributed by atoms with van der Waals surface area (Å²) in [6.45, 7) is 0. The first-order valence-corrected chi connectivity index (χ1v) is 23.2. The maximum atomic E-state index is 6.49. The number of oxazole rings is 2. The highest BCUT2D eigenvalue weighted by molar-refractivity contribution is 6.07. The van der Waals surface area contributed by atoms with E-state index in [0.29, 0.717) is 22.9 Å². The second-order valence-corrected chi connectivity index (χ2v) is 17.3. The van der Waals surface area contributed by atoms with Crippen molar-refractivity contribution in [3.05, 3.63) is 231 Å². The number of furan rings is 2. The molecule has 0 radical (unpaired) electrons. The van der Waals surface area contributed by atoms with E-state index in [4.69, 9.17) is 27.6 Å². The first-order valence-electron chi connectivity index (χ1n) is 23.2. The van der Waals surface area contributed by atoms with Crippen LogP contribution in [0.5, 0.6) is 0 Å². The molecule has 4 heterocycles. The summed E-state index contributed by atoms with van der Waals surface area (Å²) in [5.41, 5.74) is 15.8. The van der Waals surface area contributed by atoms with E-state index in [0.717, 1.165) is 111 Å². The average Bonchev–Trinajstić information content (AvgIpc) is 4.23. The van der Waals surface area contributed by atoms with E-state index in [9.17, 15) is 0 Å². The molecule has 14 aromatic rings. The summed E-state index contributed by atoms with van der Waals surface area (Å²) in [5.74, 6) is 1.05. The van der Waals surface area contributed by atoms with E-state index in [1.165, 1.54) is 0 Å². The Balaban J connectivity index is 0.779. The minimum absolute atomic E-state index is 0.527. The van der Waals surface area contributed by atoms with Gasteiger partial charge in [0.25, 0.3) is 0 Å². The van der Waals surface area contributed by atoms with Crippen LogP contribution in [0.4, 0.5) is 34.1 Å². The highest BCUT2D eigenvalue weighted by Gasteiger charge is 2.21. The van der Waals surface area contributed by atoms with Gasteiger partial charge in [0.05, 0.1) is 0 Å². The molecule has 0 N–H and O–H groups in total. The van der Waals surface area contributed by atoms with Crippen LogP contribution in [-0.4, -0.2) is 9.97 Å².